The second-order valence-corrected chi connectivity index (χ2v) is 6.59. The number of rotatable bonds is 7. The fourth-order valence-corrected chi connectivity index (χ4v) is 2.70. The molecule has 0 aliphatic heterocycles. The SMILES string of the molecule is Cc1cccc(NS(=O)(=O)CCCNC(C)C)c1. The summed E-state index contributed by atoms with van der Waals surface area (Å²) in [6.45, 7) is 6.73. The minimum Gasteiger partial charge on any atom is -0.314 e. The molecule has 0 saturated carbocycles. The highest BCUT2D eigenvalue weighted by Crippen LogP contribution is 2.11. The van der Waals surface area contributed by atoms with Gasteiger partial charge in [0.2, 0.25) is 10.0 Å². The summed E-state index contributed by atoms with van der Waals surface area (Å²) in [5.74, 6) is 0.140. The molecule has 0 spiro atoms. The molecule has 0 unspecified atom stereocenters. The van der Waals surface area contributed by atoms with E-state index in [1.54, 1.807) is 6.07 Å². The number of hydrogen-bond donors (Lipinski definition) is 2. The van der Waals surface area contributed by atoms with Crippen molar-refractivity contribution >= 4 is 15.7 Å². The van der Waals surface area contributed by atoms with Gasteiger partial charge in [-0.15, -0.1) is 0 Å². The monoisotopic (exact) mass is 270 g/mol. The number of benzene rings is 1. The Labute approximate surface area is 110 Å². The molecule has 102 valence electrons. The van der Waals surface area contributed by atoms with Crippen LogP contribution in [-0.2, 0) is 10.0 Å². The van der Waals surface area contributed by atoms with Crippen LogP contribution in [0.5, 0.6) is 0 Å². The van der Waals surface area contributed by atoms with Gasteiger partial charge >= 0.3 is 0 Å². The Morgan fingerprint density at radius 3 is 2.61 bits per heavy atom. The number of aryl methyl sites for hydroxylation is 1. The summed E-state index contributed by atoms with van der Waals surface area (Å²) in [6, 6.07) is 7.75. The first-order valence-electron chi connectivity index (χ1n) is 6.19. The van der Waals surface area contributed by atoms with E-state index in [0.717, 1.165) is 5.56 Å². The van der Waals surface area contributed by atoms with E-state index in [0.29, 0.717) is 24.7 Å². The Morgan fingerprint density at radius 1 is 1.28 bits per heavy atom. The van der Waals surface area contributed by atoms with Crippen molar-refractivity contribution in [3.05, 3.63) is 29.8 Å². The summed E-state index contributed by atoms with van der Waals surface area (Å²) >= 11 is 0. The van der Waals surface area contributed by atoms with Gasteiger partial charge in [0.25, 0.3) is 0 Å². The normalized spacial score (nSPS) is 11.8. The van der Waals surface area contributed by atoms with Crippen molar-refractivity contribution < 1.29 is 8.42 Å². The summed E-state index contributed by atoms with van der Waals surface area (Å²) in [6.07, 6.45) is 0.610. The molecule has 5 heteroatoms. The van der Waals surface area contributed by atoms with Crippen LogP contribution in [0.1, 0.15) is 25.8 Å². The minimum atomic E-state index is -3.24. The van der Waals surface area contributed by atoms with Crippen LogP contribution < -0.4 is 10.0 Å². The number of sulfonamides is 1. The van der Waals surface area contributed by atoms with Crippen molar-refractivity contribution in [2.24, 2.45) is 0 Å². The maximum Gasteiger partial charge on any atom is 0.232 e. The van der Waals surface area contributed by atoms with E-state index >= 15 is 0 Å². The fraction of sp³-hybridized carbons (Fsp3) is 0.538. The Balaban J connectivity index is 2.45. The third-order valence-corrected chi connectivity index (χ3v) is 3.81. The number of anilines is 1. The zero-order valence-corrected chi connectivity index (χ0v) is 12.0. The largest absolute Gasteiger partial charge is 0.314 e. The van der Waals surface area contributed by atoms with Crippen LogP contribution in [0.2, 0.25) is 0 Å². The first kappa shape index (κ1) is 15.0. The quantitative estimate of drug-likeness (QED) is 0.746. The highest BCUT2D eigenvalue weighted by atomic mass is 32.2. The second kappa shape index (κ2) is 6.75. The van der Waals surface area contributed by atoms with E-state index in [9.17, 15) is 8.42 Å². The highest BCUT2D eigenvalue weighted by Gasteiger charge is 2.09. The van der Waals surface area contributed by atoms with Gasteiger partial charge in [0.15, 0.2) is 0 Å². The zero-order chi connectivity index (χ0) is 13.6. The molecule has 1 rings (SSSR count). The molecule has 0 bridgehead atoms. The molecule has 18 heavy (non-hydrogen) atoms. The van der Waals surface area contributed by atoms with E-state index in [-0.39, 0.29) is 5.75 Å². The van der Waals surface area contributed by atoms with Crippen LogP contribution in [-0.4, -0.2) is 26.8 Å². The van der Waals surface area contributed by atoms with E-state index in [1.165, 1.54) is 0 Å². The highest BCUT2D eigenvalue weighted by molar-refractivity contribution is 7.92. The zero-order valence-electron chi connectivity index (χ0n) is 11.2. The molecule has 0 heterocycles. The van der Waals surface area contributed by atoms with Gasteiger partial charge in [0.05, 0.1) is 5.75 Å². The Bertz CT molecular complexity index is 470. The van der Waals surface area contributed by atoms with Gasteiger partial charge in [-0.25, -0.2) is 8.42 Å². The average Bonchev–Trinajstić information content (AvgIpc) is 2.23. The van der Waals surface area contributed by atoms with Crippen molar-refractivity contribution in [2.75, 3.05) is 17.0 Å². The molecule has 0 saturated heterocycles. The van der Waals surface area contributed by atoms with Crippen molar-refractivity contribution in [1.29, 1.82) is 0 Å². The van der Waals surface area contributed by atoms with Crippen molar-refractivity contribution in [2.45, 2.75) is 33.2 Å². The molecule has 1 aromatic carbocycles. The Hall–Kier alpha value is -1.07. The molecule has 0 aliphatic carbocycles. The standard InChI is InChI=1S/C13H22N2O2S/c1-11(2)14-8-5-9-18(16,17)15-13-7-4-6-12(3)10-13/h4,6-7,10-11,14-15H,5,8-9H2,1-3H3. The molecule has 0 fully saturated rings. The summed E-state index contributed by atoms with van der Waals surface area (Å²) in [5.41, 5.74) is 1.67. The maximum atomic E-state index is 11.8. The molecule has 0 aliphatic rings. The third-order valence-electron chi connectivity index (χ3n) is 2.43. The molecular weight excluding hydrogens is 248 g/mol. The summed E-state index contributed by atoms with van der Waals surface area (Å²) in [5, 5.41) is 3.20. The Morgan fingerprint density at radius 2 is 2.00 bits per heavy atom. The molecule has 0 atom stereocenters. The molecule has 1 aromatic rings. The lowest BCUT2D eigenvalue weighted by Gasteiger charge is -2.10. The lowest BCUT2D eigenvalue weighted by molar-refractivity contribution is 0.571. The predicted molar refractivity (Wildman–Crippen MR) is 76.3 cm³/mol. The molecule has 4 nitrogen and oxygen atoms in total. The van der Waals surface area contributed by atoms with Gasteiger partial charge in [-0.1, -0.05) is 26.0 Å². The first-order chi connectivity index (χ1) is 8.39. The average molecular weight is 270 g/mol. The second-order valence-electron chi connectivity index (χ2n) is 4.75. The van der Waals surface area contributed by atoms with Gasteiger partial charge in [-0.2, -0.15) is 0 Å². The molecule has 0 aromatic heterocycles. The van der Waals surface area contributed by atoms with Crippen molar-refractivity contribution in [3.63, 3.8) is 0 Å². The smallest absolute Gasteiger partial charge is 0.232 e. The molecule has 2 N–H and O–H groups in total. The Kier molecular flexibility index (Phi) is 5.62. The summed E-state index contributed by atoms with van der Waals surface area (Å²) in [4.78, 5) is 0. The maximum absolute atomic E-state index is 11.8. The van der Waals surface area contributed by atoms with Crippen LogP contribution in [0.25, 0.3) is 0 Å². The predicted octanol–water partition coefficient (Wildman–Crippen LogP) is 2.12. The number of hydrogen-bond acceptors (Lipinski definition) is 3. The number of nitrogens with one attached hydrogen (secondary N) is 2. The van der Waals surface area contributed by atoms with Gasteiger partial charge in [-0.05, 0) is 37.6 Å². The van der Waals surface area contributed by atoms with Gasteiger partial charge in [0, 0.05) is 11.7 Å². The first-order valence-corrected chi connectivity index (χ1v) is 7.85. The van der Waals surface area contributed by atoms with Gasteiger partial charge in [-0.3, -0.25) is 4.72 Å². The van der Waals surface area contributed by atoms with Gasteiger partial charge in [0.1, 0.15) is 0 Å². The summed E-state index contributed by atoms with van der Waals surface area (Å²) in [7, 11) is -3.24. The van der Waals surface area contributed by atoms with Crippen LogP contribution in [0, 0.1) is 6.92 Å². The van der Waals surface area contributed by atoms with Crippen LogP contribution in [0.3, 0.4) is 0 Å². The molecular formula is C13H22N2O2S. The van der Waals surface area contributed by atoms with Crippen LogP contribution in [0.15, 0.2) is 24.3 Å². The van der Waals surface area contributed by atoms with Crippen molar-refractivity contribution in [1.82, 2.24) is 5.32 Å². The third kappa shape index (κ3) is 6.02. The van der Waals surface area contributed by atoms with Gasteiger partial charge < -0.3 is 5.32 Å². The van der Waals surface area contributed by atoms with E-state index in [4.69, 9.17) is 0 Å². The van der Waals surface area contributed by atoms with Crippen LogP contribution in [0.4, 0.5) is 5.69 Å². The van der Waals surface area contributed by atoms with E-state index < -0.39 is 10.0 Å². The summed E-state index contributed by atoms with van der Waals surface area (Å²) < 4.78 is 26.2. The lowest BCUT2D eigenvalue weighted by Crippen LogP contribution is -2.26. The molecule has 0 amide bonds. The fourth-order valence-electron chi connectivity index (χ4n) is 1.59. The van der Waals surface area contributed by atoms with Crippen LogP contribution >= 0.6 is 0 Å². The van der Waals surface area contributed by atoms with E-state index in [1.807, 2.05) is 39.0 Å². The van der Waals surface area contributed by atoms with Crippen molar-refractivity contribution in [3.8, 4) is 0 Å². The van der Waals surface area contributed by atoms with E-state index in [2.05, 4.69) is 10.0 Å². The lowest BCUT2D eigenvalue weighted by atomic mass is 10.2. The topological polar surface area (TPSA) is 58.2 Å². The minimum absolute atomic E-state index is 0.140. The molecule has 0 radical (unpaired) electrons.